The zero-order valence-electron chi connectivity index (χ0n) is 14.3. The number of hydrogen-bond donors (Lipinski definition) is 1. The van der Waals surface area contributed by atoms with E-state index in [2.05, 4.69) is 17.1 Å². The summed E-state index contributed by atoms with van der Waals surface area (Å²) in [5, 5.41) is 5.06. The summed E-state index contributed by atoms with van der Waals surface area (Å²) < 4.78 is 0. The van der Waals surface area contributed by atoms with Crippen LogP contribution in [0.5, 0.6) is 0 Å². The number of nitrogens with one attached hydrogen (secondary N) is 1. The summed E-state index contributed by atoms with van der Waals surface area (Å²) in [6.45, 7) is 5.60. The van der Waals surface area contributed by atoms with Crippen molar-refractivity contribution in [2.75, 3.05) is 23.3 Å². The van der Waals surface area contributed by atoms with Crippen LogP contribution in [0.25, 0.3) is 0 Å². The summed E-state index contributed by atoms with van der Waals surface area (Å²) in [6.07, 6.45) is 2.23. The van der Waals surface area contributed by atoms with Crippen molar-refractivity contribution in [3.05, 3.63) is 46.5 Å². The molecule has 1 aliphatic rings. The molecule has 2 heterocycles. The molecular weight excluding hydrogens is 356 g/mol. The van der Waals surface area contributed by atoms with E-state index in [-0.39, 0.29) is 11.7 Å². The molecule has 25 heavy (non-hydrogen) atoms. The first-order valence-electron chi connectivity index (χ1n) is 8.40. The third kappa shape index (κ3) is 4.22. The lowest BCUT2D eigenvalue weighted by Crippen LogP contribution is -2.33. The Kier molecular flexibility index (Phi) is 5.45. The van der Waals surface area contributed by atoms with Crippen LogP contribution in [0.15, 0.2) is 30.3 Å². The number of anilines is 2. The van der Waals surface area contributed by atoms with Gasteiger partial charge >= 0.3 is 0 Å². The van der Waals surface area contributed by atoms with Gasteiger partial charge in [-0.15, -0.1) is 0 Å². The van der Waals surface area contributed by atoms with Gasteiger partial charge in [-0.2, -0.15) is 0 Å². The standard InChI is InChI=1S/C19H21ClN2O2S/c1-12-7-9-22(10-8-12)19-16(11-17(25-19)21-13(2)23)18(24)14-3-5-15(20)6-4-14/h3-6,11-12H,7-10H2,1-2H3,(H,21,23). The molecule has 1 aromatic heterocycles. The SMILES string of the molecule is CC(=O)Nc1cc(C(=O)c2ccc(Cl)cc2)c(N2CCC(C)CC2)s1. The van der Waals surface area contributed by atoms with E-state index in [9.17, 15) is 9.59 Å². The molecule has 3 rings (SSSR count). The van der Waals surface area contributed by atoms with E-state index >= 15 is 0 Å². The van der Waals surface area contributed by atoms with E-state index in [1.54, 1.807) is 30.3 Å². The van der Waals surface area contributed by atoms with Crippen molar-refractivity contribution in [2.24, 2.45) is 5.92 Å². The average Bonchev–Trinajstić information content (AvgIpc) is 2.98. The van der Waals surface area contributed by atoms with Crippen LogP contribution in [0.1, 0.15) is 42.6 Å². The molecule has 0 aliphatic carbocycles. The number of benzene rings is 1. The zero-order chi connectivity index (χ0) is 18.0. The van der Waals surface area contributed by atoms with E-state index in [0.717, 1.165) is 30.9 Å². The number of amides is 1. The van der Waals surface area contributed by atoms with Crippen LogP contribution in [-0.4, -0.2) is 24.8 Å². The van der Waals surface area contributed by atoms with Gasteiger partial charge in [-0.1, -0.05) is 29.9 Å². The number of rotatable bonds is 4. The summed E-state index contributed by atoms with van der Waals surface area (Å²) in [5.74, 6) is 0.533. The molecule has 1 N–H and O–H groups in total. The fourth-order valence-corrected chi connectivity index (χ4v) is 4.26. The Bertz CT molecular complexity index is 777. The van der Waals surface area contributed by atoms with E-state index in [0.29, 0.717) is 27.1 Å². The van der Waals surface area contributed by atoms with Crippen LogP contribution in [0, 0.1) is 5.92 Å². The predicted octanol–water partition coefficient (Wildman–Crippen LogP) is 4.83. The molecule has 1 saturated heterocycles. The molecule has 0 saturated carbocycles. The first-order chi connectivity index (χ1) is 11.9. The minimum atomic E-state index is -0.134. The van der Waals surface area contributed by atoms with Crippen molar-refractivity contribution in [1.29, 1.82) is 0 Å². The van der Waals surface area contributed by atoms with E-state index in [4.69, 9.17) is 11.6 Å². The smallest absolute Gasteiger partial charge is 0.221 e. The quantitative estimate of drug-likeness (QED) is 0.777. The lowest BCUT2D eigenvalue weighted by Gasteiger charge is -2.31. The van der Waals surface area contributed by atoms with Crippen LogP contribution in [0.3, 0.4) is 0 Å². The highest BCUT2D eigenvalue weighted by Gasteiger charge is 2.25. The summed E-state index contributed by atoms with van der Waals surface area (Å²) in [6, 6.07) is 8.71. The molecule has 1 fully saturated rings. The fourth-order valence-electron chi connectivity index (χ4n) is 2.98. The highest BCUT2D eigenvalue weighted by atomic mass is 35.5. The molecule has 1 aromatic carbocycles. The number of carbonyl (C=O) groups is 2. The molecule has 0 atom stereocenters. The van der Waals surface area contributed by atoms with Gasteiger partial charge in [0, 0.05) is 30.6 Å². The van der Waals surface area contributed by atoms with E-state index in [1.165, 1.54) is 18.3 Å². The maximum Gasteiger partial charge on any atom is 0.221 e. The molecule has 1 amide bonds. The van der Waals surface area contributed by atoms with Crippen molar-refractivity contribution >= 4 is 44.6 Å². The first-order valence-corrected chi connectivity index (χ1v) is 9.60. The maximum absolute atomic E-state index is 13.0. The van der Waals surface area contributed by atoms with Gasteiger partial charge in [-0.05, 0) is 49.1 Å². The lowest BCUT2D eigenvalue weighted by molar-refractivity contribution is -0.114. The van der Waals surface area contributed by atoms with Crippen molar-refractivity contribution in [2.45, 2.75) is 26.7 Å². The van der Waals surface area contributed by atoms with Crippen LogP contribution in [0.4, 0.5) is 10.0 Å². The Morgan fingerprint density at radius 1 is 1.20 bits per heavy atom. The summed E-state index contributed by atoms with van der Waals surface area (Å²) in [7, 11) is 0. The Labute approximate surface area is 156 Å². The number of ketones is 1. The van der Waals surface area contributed by atoms with Crippen LogP contribution < -0.4 is 10.2 Å². The monoisotopic (exact) mass is 376 g/mol. The second-order valence-corrected chi connectivity index (χ2v) is 7.98. The van der Waals surface area contributed by atoms with E-state index in [1.807, 2.05) is 0 Å². The minimum absolute atomic E-state index is 0.0434. The second kappa shape index (κ2) is 7.58. The van der Waals surface area contributed by atoms with Gasteiger partial charge in [0.1, 0.15) is 5.00 Å². The Hall–Kier alpha value is -1.85. The van der Waals surface area contributed by atoms with Gasteiger partial charge in [0.25, 0.3) is 0 Å². The van der Waals surface area contributed by atoms with Gasteiger partial charge in [0.15, 0.2) is 5.78 Å². The van der Waals surface area contributed by atoms with E-state index < -0.39 is 0 Å². The van der Waals surface area contributed by atoms with Crippen LogP contribution >= 0.6 is 22.9 Å². The van der Waals surface area contributed by atoms with Crippen molar-refractivity contribution in [3.63, 3.8) is 0 Å². The molecule has 0 radical (unpaired) electrons. The fraction of sp³-hybridized carbons (Fsp3) is 0.368. The topological polar surface area (TPSA) is 49.4 Å². The molecule has 0 bridgehead atoms. The van der Waals surface area contributed by atoms with Gasteiger partial charge < -0.3 is 10.2 Å². The Morgan fingerprint density at radius 2 is 1.84 bits per heavy atom. The summed E-state index contributed by atoms with van der Waals surface area (Å²) in [5.41, 5.74) is 1.24. The highest BCUT2D eigenvalue weighted by molar-refractivity contribution is 7.20. The number of piperidine rings is 1. The van der Waals surface area contributed by atoms with Crippen LogP contribution in [0.2, 0.25) is 5.02 Å². The zero-order valence-corrected chi connectivity index (χ0v) is 15.9. The first kappa shape index (κ1) is 18.0. The number of carbonyl (C=O) groups excluding carboxylic acids is 2. The normalized spacial score (nSPS) is 15.2. The second-order valence-electron chi connectivity index (χ2n) is 6.52. The molecule has 2 aromatic rings. The van der Waals surface area contributed by atoms with Gasteiger partial charge in [-0.25, -0.2) is 0 Å². The van der Waals surface area contributed by atoms with Gasteiger partial charge in [0.05, 0.1) is 10.6 Å². The van der Waals surface area contributed by atoms with Gasteiger partial charge in [0.2, 0.25) is 5.91 Å². The number of hydrogen-bond acceptors (Lipinski definition) is 4. The third-order valence-electron chi connectivity index (χ3n) is 4.43. The van der Waals surface area contributed by atoms with Crippen LogP contribution in [-0.2, 0) is 4.79 Å². The number of halogens is 1. The molecular formula is C19H21ClN2O2S. The molecule has 1 aliphatic heterocycles. The summed E-state index contributed by atoms with van der Waals surface area (Å²) in [4.78, 5) is 26.7. The predicted molar refractivity (Wildman–Crippen MR) is 104 cm³/mol. The van der Waals surface area contributed by atoms with Gasteiger partial charge in [-0.3, -0.25) is 9.59 Å². The van der Waals surface area contributed by atoms with Crippen molar-refractivity contribution < 1.29 is 9.59 Å². The Morgan fingerprint density at radius 3 is 2.44 bits per heavy atom. The maximum atomic E-state index is 13.0. The minimum Gasteiger partial charge on any atom is -0.363 e. The Balaban J connectivity index is 1.95. The molecule has 0 spiro atoms. The molecule has 4 nitrogen and oxygen atoms in total. The molecule has 0 unspecified atom stereocenters. The lowest BCUT2D eigenvalue weighted by atomic mass is 9.98. The number of nitrogens with zero attached hydrogens (tertiary/aromatic N) is 1. The summed E-state index contributed by atoms with van der Waals surface area (Å²) >= 11 is 7.39. The highest BCUT2D eigenvalue weighted by Crippen LogP contribution is 2.38. The third-order valence-corrected chi connectivity index (χ3v) is 5.80. The van der Waals surface area contributed by atoms with Crippen molar-refractivity contribution in [1.82, 2.24) is 0 Å². The number of thiophene rings is 1. The molecule has 6 heteroatoms. The van der Waals surface area contributed by atoms with Crippen molar-refractivity contribution in [3.8, 4) is 0 Å². The molecule has 132 valence electrons. The largest absolute Gasteiger partial charge is 0.363 e. The average molecular weight is 377 g/mol.